The number of fused-ring (bicyclic) bond motifs is 1. The Hall–Kier alpha value is -3.68. The number of nitrogens with zero attached hydrogens (tertiary/aromatic N) is 2. The van der Waals surface area contributed by atoms with Crippen LogP contribution in [-0.2, 0) is 9.59 Å². The van der Waals surface area contributed by atoms with Crippen molar-refractivity contribution in [3.63, 3.8) is 0 Å². The van der Waals surface area contributed by atoms with E-state index in [0.29, 0.717) is 35.6 Å². The molecule has 2 aliphatic heterocycles. The second-order valence-corrected chi connectivity index (χ2v) is 9.15. The third-order valence-electron chi connectivity index (χ3n) is 6.26. The van der Waals surface area contributed by atoms with Crippen molar-refractivity contribution in [2.45, 2.75) is 39.0 Å². The number of allylic oxidation sites excluding steroid dienone is 2. The zero-order valence-corrected chi connectivity index (χ0v) is 17.8. The van der Waals surface area contributed by atoms with Crippen LogP contribution in [0.4, 0.5) is 11.4 Å². The SMILES string of the molecule is CC1(C)CC(=O)C2=C(C1)N(c1ccccc1[N+](=O)[O-])C(=O)CC2c1ccc2c(c1)OCO2. The van der Waals surface area contributed by atoms with E-state index in [9.17, 15) is 19.7 Å². The number of nitro groups is 1. The molecular formula is C24H22N2O6. The second-order valence-electron chi connectivity index (χ2n) is 9.15. The number of Topliss-reactive ketones (excluding diaryl/α,β-unsaturated/α-hetero) is 1. The van der Waals surface area contributed by atoms with E-state index in [0.717, 1.165) is 5.56 Å². The molecule has 2 heterocycles. The summed E-state index contributed by atoms with van der Waals surface area (Å²) in [6, 6.07) is 11.6. The van der Waals surface area contributed by atoms with Crippen molar-refractivity contribution >= 4 is 23.1 Å². The first-order valence-corrected chi connectivity index (χ1v) is 10.5. The molecule has 2 aromatic rings. The molecule has 164 valence electrons. The molecule has 5 rings (SSSR count). The maximum atomic E-state index is 13.5. The van der Waals surface area contributed by atoms with Gasteiger partial charge in [0.15, 0.2) is 17.3 Å². The van der Waals surface area contributed by atoms with Crippen LogP contribution in [0, 0.1) is 15.5 Å². The van der Waals surface area contributed by atoms with Crippen molar-refractivity contribution in [3.05, 3.63) is 69.4 Å². The molecule has 0 aromatic heterocycles. The molecule has 8 nitrogen and oxygen atoms in total. The molecule has 1 atom stereocenters. The van der Waals surface area contributed by atoms with Gasteiger partial charge in [0.05, 0.1) is 4.92 Å². The van der Waals surface area contributed by atoms with Crippen LogP contribution in [0.2, 0.25) is 0 Å². The Kier molecular flexibility index (Phi) is 4.54. The van der Waals surface area contributed by atoms with Gasteiger partial charge >= 0.3 is 0 Å². The van der Waals surface area contributed by atoms with E-state index in [1.54, 1.807) is 24.3 Å². The van der Waals surface area contributed by atoms with Crippen molar-refractivity contribution in [1.82, 2.24) is 0 Å². The van der Waals surface area contributed by atoms with Gasteiger partial charge in [0.2, 0.25) is 12.7 Å². The largest absolute Gasteiger partial charge is 0.454 e. The highest BCUT2D eigenvalue weighted by Gasteiger charge is 2.45. The highest BCUT2D eigenvalue weighted by atomic mass is 16.7. The van der Waals surface area contributed by atoms with Crippen molar-refractivity contribution in [3.8, 4) is 11.5 Å². The summed E-state index contributed by atoms with van der Waals surface area (Å²) in [4.78, 5) is 39.4. The maximum absolute atomic E-state index is 13.5. The third kappa shape index (κ3) is 3.23. The topological polar surface area (TPSA) is 99.0 Å². The van der Waals surface area contributed by atoms with E-state index in [-0.39, 0.29) is 41.7 Å². The van der Waals surface area contributed by atoms with Crippen LogP contribution in [0.3, 0.4) is 0 Å². The first kappa shape index (κ1) is 20.2. The number of carbonyl (C=O) groups is 2. The zero-order valence-electron chi connectivity index (χ0n) is 17.8. The van der Waals surface area contributed by atoms with E-state index < -0.39 is 10.8 Å². The van der Waals surface area contributed by atoms with Crippen LogP contribution in [0.5, 0.6) is 11.5 Å². The number of carbonyl (C=O) groups excluding carboxylic acids is 2. The minimum atomic E-state index is -0.497. The van der Waals surface area contributed by atoms with E-state index in [4.69, 9.17) is 9.47 Å². The van der Waals surface area contributed by atoms with Crippen molar-refractivity contribution < 1.29 is 24.0 Å². The highest BCUT2D eigenvalue weighted by Crippen LogP contribution is 2.50. The molecule has 2 aromatic carbocycles. The normalized spacial score (nSPS) is 21.6. The van der Waals surface area contributed by atoms with Crippen molar-refractivity contribution in [1.29, 1.82) is 0 Å². The summed E-state index contributed by atoms with van der Waals surface area (Å²) >= 11 is 0. The van der Waals surface area contributed by atoms with Crippen molar-refractivity contribution in [2.75, 3.05) is 11.7 Å². The molecule has 32 heavy (non-hydrogen) atoms. The fourth-order valence-corrected chi connectivity index (χ4v) is 4.92. The summed E-state index contributed by atoms with van der Waals surface area (Å²) in [6.07, 6.45) is 0.857. The summed E-state index contributed by atoms with van der Waals surface area (Å²) in [5.74, 6) is 0.473. The minimum absolute atomic E-state index is 0.0324. The van der Waals surface area contributed by atoms with Crippen LogP contribution < -0.4 is 14.4 Å². The third-order valence-corrected chi connectivity index (χ3v) is 6.26. The number of benzene rings is 2. The smallest absolute Gasteiger partial charge is 0.293 e. The summed E-state index contributed by atoms with van der Waals surface area (Å²) in [6.45, 7) is 4.08. The number of anilines is 1. The van der Waals surface area contributed by atoms with Gasteiger partial charge in [0.25, 0.3) is 5.69 Å². The van der Waals surface area contributed by atoms with E-state index in [1.807, 2.05) is 26.0 Å². The van der Waals surface area contributed by atoms with Gasteiger partial charge in [0, 0.05) is 36.1 Å². The average Bonchev–Trinajstić information content (AvgIpc) is 3.20. The van der Waals surface area contributed by atoms with Crippen molar-refractivity contribution in [2.24, 2.45) is 5.41 Å². The number of para-hydroxylation sites is 2. The molecule has 0 N–H and O–H groups in total. The van der Waals surface area contributed by atoms with Crippen LogP contribution in [-0.4, -0.2) is 23.4 Å². The quantitative estimate of drug-likeness (QED) is 0.521. The number of ether oxygens (including phenoxy) is 2. The first-order valence-electron chi connectivity index (χ1n) is 10.5. The Morgan fingerprint density at radius 3 is 2.59 bits per heavy atom. The molecule has 0 spiro atoms. The standard InChI is InChI=1S/C24H22N2O6/c1-24(2)11-18-23(19(27)12-24)15(14-7-8-20-21(9-14)32-13-31-20)10-22(28)25(18)16-5-3-4-6-17(16)26(29)30/h3-9,15H,10-13H2,1-2H3. The number of hydrogen-bond acceptors (Lipinski definition) is 6. The minimum Gasteiger partial charge on any atom is -0.454 e. The lowest BCUT2D eigenvalue weighted by atomic mass is 9.69. The summed E-state index contributed by atoms with van der Waals surface area (Å²) < 4.78 is 10.9. The molecule has 1 aliphatic carbocycles. The molecule has 0 radical (unpaired) electrons. The number of nitro benzene ring substituents is 1. The van der Waals surface area contributed by atoms with Gasteiger partial charge in [-0.1, -0.05) is 32.0 Å². The molecule has 1 unspecified atom stereocenters. The Balaban J connectivity index is 1.69. The lowest BCUT2D eigenvalue weighted by molar-refractivity contribution is -0.384. The number of rotatable bonds is 3. The van der Waals surface area contributed by atoms with Crippen LogP contribution in [0.1, 0.15) is 44.6 Å². The van der Waals surface area contributed by atoms with Gasteiger partial charge in [-0.2, -0.15) is 0 Å². The zero-order chi connectivity index (χ0) is 22.6. The second kappa shape index (κ2) is 7.19. The summed E-state index contributed by atoms with van der Waals surface area (Å²) in [7, 11) is 0. The molecule has 0 saturated carbocycles. The molecule has 0 fully saturated rings. The lowest BCUT2D eigenvalue weighted by Gasteiger charge is -2.42. The summed E-state index contributed by atoms with van der Waals surface area (Å²) in [5.41, 5.74) is 1.58. The fourth-order valence-electron chi connectivity index (χ4n) is 4.92. The molecular weight excluding hydrogens is 412 g/mol. The number of amides is 1. The average molecular weight is 434 g/mol. The van der Waals surface area contributed by atoms with Gasteiger partial charge in [-0.3, -0.25) is 24.6 Å². The molecule has 8 heteroatoms. The van der Waals surface area contributed by atoms with Gasteiger partial charge in [0.1, 0.15) is 5.69 Å². The predicted molar refractivity (Wildman–Crippen MR) is 116 cm³/mol. The molecule has 1 amide bonds. The summed E-state index contributed by atoms with van der Waals surface area (Å²) in [5, 5.41) is 11.7. The monoisotopic (exact) mass is 434 g/mol. The Bertz CT molecular complexity index is 1200. The van der Waals surface area contributed by atoms with Crippen LogP contribution in [0.15, 0.2) is 53.7 Å². The number of ketones is 1. The molecule has 3 aliphatic rings. The predicted octanol–water partition coefficient (Wildman–Crippen LogP) is 4.49. The Labute approximate surface area is 184 Å². The van der Waals surface area contributed by atoms with Gasteiger partial charge in [-0.25, -0.2) is 0 Å². The van der Waals surface area contributed by atoms with E-state index in [1.165, 1.54) is 11.0 Å². The lowest BCUT2D eigenvalue weighted by Crippen LogP contribution is -2.44. The maximum Gasteiger partial charge on any atom is 0.293 e. The highest BCUT2D eigenvalue weighted by molar-refractivity contribution is 6.08. The van der Waals surface area contributed by atoms with E-state index >= 15 is 0 Å². The fraction of sp³-hybridized carbons (Fsp3) is 0.333. The van der Waals surface area contributed by atoms with Gasteiger partial charge in [-0.05, 0) is 35.6 Å². The first-order chi connectivity index (χ1) is 15.2. The van der Waals surface area contributed by atoms with Crippen LogP contribution in [0.25, 0.3) is 0 Å². The molecule has 0 bridgehead atoms. The Morgan fingerprint density at radius 1 is 1.06 bits per heavy atom. The van der Waals surface area contributed by atoms with E-state index in [2.05, 4.69) is 0 Å². The Morgan fingerprint density at radius 2 is 1.81 bits per heavy atom. The molecule has 0 saturated heterocycles. The number of hydrogen-bond donors (Lipinski definition) is 0. The van der Waals surface area contributed by atoms with Gasteiger partial charge < -0.3 is 9.47 Å². The van der Waals surface area contributed by atoms with Gasteiger partial charge in [-0.15, -0.1) is 0 Å². The van der Waals surface area contributed by atoms with Crippen LogP contribution >= 0.6 is 0 Å².